The van der Waals surface area contributed by atoms with Crippen LogP contribution in [-0.4, -0.2) is 37.6 Å². The van der Waals surface area contributed by atoms with Crippen molar-refractivity contribution < 1.29 is 19.0 Å². The third-order valence-electron chi connectivity index (χ3n) is 3.58. The van der Waals surface area contributed by atoms with Gasteiger partial charge in [0, 0.05) is 12.6 Å². The molecule has 2 aromatic carbocycles. The van der Waals surface area contributed by atoms with Gasteiger partial charge in [-0.3, -0.25) is 0 Å². The van der Waals surface area contributed by atoms with Crippen LogP contribution in [0.5, 0.6) is 5.75 Å². The first kappa shape index (κ1) is 18.4. The van der Waals surface area contributed by atoms with Gasteiger partial charge >= 0.3 is 0 Å². The van der Waals surface area contributed by atoms with Gasteiger partial charge in [0.05, 0.1) is 19.3 Å². The van der Waals surface area contributed by atoms with Crippen LogP contribution in [0, 0.1) is 5.82 Å². The summed E-state index contributed by atoms with van der Waals surface area (Å²) < 4.78 is 23.5. The highest BCUT2D eigenvalue weighted by molar-refractivity contribution is 5.22. The number of aliphatic hydroxyl groups is 1. The van der Waals surface area contributed by atoms with Crippen LogP contribution in [-0.2, 0) is 4.74 Å². The monoisotopic (exact) mass is 333 g/mol. The third-order valence-corrected chi connectivity index (χ3v) is 3.58. The Hall–Kier alpha value is -1.95. The third kappa shape index (κ3) is 6.66. The van der Waals surface area contributed by atoms with E-state index in [9.17, 15) is 9.50 Å². The second-order valence-electron chi connectivity index (χ2n) is 5.57. The molecule has 2 rings (SSSR count). The van der Waals surface area contributed by atoms with Crippen LogP contribution in [0.4, 0.5) is 4.39 Å². The van der Waals surface area contributed by atoms with E-state index in [1.54, 1.807) is 12.1 Å². The number of rotatable bonds is 10. The second-order valence-corrected chi connectivity index (χ2v) is 5.57. The maximum absolute atomic E-state index is 12.7. The fourth-order valence-corrected chi connectivity index (χ4v) is 2.20. The summed E-state index contributed by atoms with van der Waals surface area (Å²) in [7, 11) is 0. The van der Waals surface area contributed by atoms with Crippen LogP contribution in [0.25, 0.3) is 0 Å². The summed E-state index contributed by atoms with van der Waals surface area (Å²) in [6.45, 7) is 3.46. The van der Waals surface area contributed by atoms with Gasteiger partial charge in [-0.05, 0) is 36.8 Å². The van der Waals surface area contributed by atoms with Crippen molar-refractivity contribution in [2.45, 2.75) is 19.1 Å². The highest BCUT2D eigenvalue weighted by atomic mass is 19.1. The summed E-state index contributed by atoms with van der Waals surface area (Å²) in [5.41, 5.74) is 1.18. The molecule has 0 saturated heterocycles. The number of nitrogens with one attached hydrogen (secondary N) is 1. The first-order valence-electron chi connectivity index (χ1n) is 8.07. The van der Waals surface area contributed by atoms with Crippen LogP contribution in [0.3, 0.4) is 0 Å². The number of aliphatic hydroxyl groups excluding tert-OH is 1. The maximum atomic E-state index is 12.7. The van der Waals surface area contributed by atoms with Crippen molar-refractivity contribution >= 4 is 0 Å². The number of halogens is 1. The Labute approximate surface area is 142 Å². The Morgan fingerprint density at radius 2 is 1.75 bits per heavy atom. The smallest absolute Gasteiger partial charge is 0.123 e. The second kappa shape index (κ2) is 10.0. The highest BCUT2D eigenvalue weighted by Gasteiger charge is 2.08. The molecule has 24 heavy (non-hydrogen) atoms. The highest BCUT2D eigenvalue weighted by Crippen LogP contribution is 2.11. The molecule has 0 aliphatic rings. The molecule has 5 heteroatoms. The lowest BCUT2D eigenvalue weighted by Gasteiger charge is -2.17. The lowest BCUT2D eigenvalue weighted by molar-refractivity contribution is 0.0242. The minimum absolute atomic E-state index is 0.169. The summed E-state index contributed by atoms with van der Waals surface area (Å²) >= 11 is 0. The Bertz CT molecular complexity index is 577. The molecule has 0 heterocycles. The zero-order valence-corrected chi connectivity index (χ0v) is 13.8. The summed E-state index contributed by atoms with van der Waals surface area (Å²) in [5, 5.41) is 13.2. The molecule has 130 valence electrons. The summed E-state index contributed by atoms with van der Waals surface area (Å²) in [4.78, 5) is 0. The van der Waals surface area contributed by atoms with E-state index >= 15 is 0 Å². The van der Waals surface area contributed by atoms with E-state index in [0.717, 1.165) is 0 Å². The quantitative estimate of drug-likeness (QED) is 0.657. The van der Waals surface area contributed by atoms with E-state index < -0.39 is 6.10 Å². The van der Waals surface area contributed by atoms with Crippen LogP contribution >= 0.6 is 0 Å². The zero-order chi connectivity index (χ0) is 17.2. The molecule has 0 amide bonds. The molecule has 0 unspecified atom stereocenters. The number of ether oxygens (including phenoxy) is 2. The minimum Gasteiger partial charge on any atom is -0.491 e. The first-order valence-corrected chi connectivity index (χ1v) is 8.07. The summed E-state index contributed by atoms with van der Waals surface area (Å²) in [6, 6.07) is 16.1. The van der Waals surface area contributed by atoms with E-state index in [1.165, 1.54) is 17.7 Å². The SMILES string of the molecule is C[C@H](NC[C@@H](O)COCCOc1ccc(F)cc1)c1ccccc1. The molecule has 2 N–H and O–H groups in total. The van der Waals surface area contributed by atoms with E-state index in [1.807, 2.05) is 30.3 Å². The van der Waals surface area contributed by atoms with Gasteiger partial charge in [0.1, 0.15) is 18.2 Å². The van der Waals surface area contributed by atoms with E-state index in [0.29, 0.717) is 25.5 Å². The average molecular weight is 333 g/mol. The molecule has 0 radical (unpaired) electrons. The summed E-state index contributed by atoms with van der Waals surface area (Å²) in [6.07, 6.45) is -0.581. The van der Waals surface area contributed by atoms with Gasteiger partial charge < -0.3 is 19.9 Å². The molecule has 0 saturated carbocycles. The van der Waals surface area contributed by atoms with Gasteiger partial charge in [-0.2, -0.15) is 0 Å². The normalized spacial score (nSPS) is 13.5. The Kier molecular flexibility index (Phi) is 7.68. The van der Waals surface area contributed by atoms with E-state index in [4.69, 9.17) is 9.47 Å². The number of hydrogen-bond donors (Lipinski definition) is 2. The molecule has 2 aromatic rings. The predicted octanol–water partition coefficient (Wildman–Crippen LogP) is 2.93. The zero-order valence-electron chi connectivity index (χ0n) is 13.8. The van der Waals surface area contributed by atoms with Gasteiger partial charge in [0.2, 0.25) is 0 Å². The Morgan fingerprint density at radius 1 is 1.04 bits per heavy atom. The molecule has 0 aliphatic heterocycles. The molecule has 0 spiro atoms. The Balaban J connectivity index is 1.55. The predicted molar refractivity (Wildman–Crippen MR) is 91.6 cm³/mol. The van der Waals surface area contributed by atoms with Crippen LogP contribution in [0.1, 0.15) is 18.5 Å². The molecule has 2 atom stereocenters. The lowest BCUT2D eigenvalue weighted by atomic mass is 10.1. The molecular formula is C19H24FNO3. The average Bonchev–Trinajstić information content (AvgIpc) is 2.61. The maximum Gasteiger partial charge on any atom is 0.123 e. The standard InChI is InChI=1S/C19H24FNO3/c1-15(16-5-3-2-4-6-16)21-13-18(22)14-23-11-12-24-19-9-7-17(20)8-10-19/h2-10,15,18,21-22H,11-14H2,1H3/t15-,18+/m0/s1. The number of benzene rings is 2. The van der Waals surface area contributed by atoms with Crippen molar-refractivity contribution in [3.8, 4) is 5.75 Å². The van der Waals surface area contributed by atoms with E-state index in [2.05, 4.69) is 12.2 Å². The fraction of sp³-hybridized carbons (Fsp3) is 0.368. The van der Waals surface area contributed by atoms with Crippen molar-refractivity contribution in [1.82, 2.24) is 5.32 Å². The van der Waals surface area contributed by atoms with Gasteiger partial charge in [-0.15, -0.1) is 0 Å². The topological polar surface area (TPSA) is 50.7 Å². The van der Waals surface area contributed by atoms with Crippen LogP contribution in [0.2, 0.25) is 0 Å². The number of hydrogen-bond acceptors (Lipinski definition) is 4. The van der Waals surface area contributed by atoms with Crippen molar-refractivity contribution in [3.63, 3.8) is 0 Å². The van der Waals surface area contributed by atoms with Crippen molar-refractivity contribution in [2.75, 3.05) is 26.4 Å². The molecule has 0 aromatic heterocycles. The largest absolute Gasteiger partial charge is 0.491 e. The van der Waals surface area contributed by atoms with Crippen LogP contribution < -0.4 is 10.1 Å². The van der Waals surface area contributed by atoms with Gasteiger partial charge in [0.25, 0.3) is 0 Å². The van der Waals surface area contributed by atoms with Crippen molar-refractivity contribution in [2.24, 2.45) is 0 Å². The Morgan fingerprint density at radius 3 is 2.46 bits per heavy atom. The molecule has 0 fully saturated rings. The summed E-state index contributed by atoms with van der Waals surface area (Å²) in [5.74, 6) is 0.304. The van der Waals surface area contributed by atoms with Crippen molar-refractivity contribution in [1.29, 1.82) is 0 Å². The van der Waals surface area contributed by atoms with Crippen molar-refractivity contribution in [3.05, 3.63) is 66.0 Å². The molecule has 0 aliphatic carbocycles. The van der Waals surface area contributed by atoms with Gasteiger partial charge in [-0.1, -0.05) is 30.3 Å². The molecule has 4 nitrogen and oxygen atoms in total. The van der Waals surface area contributed by atoms with Gasteiger partial charge in [-0.25, -0.2) is 4.39 Å². The first-order chi connectivity index (χ1) is 11.6. The minimum atomic E-state index is -0.581. The molecular weight excluding hydrogens is 309 g/mol. The lowest BCUT2D eigenvalue weighted by Crippen LogP contribution is -2.32. The van der Waals surface area contributed by atoms with Gasteiger partial charge in [0.15, 0.2) is 0 Å². The van der Waals surface area contributed by atoms with E-state index in [-0.39, 0.29) is 18.5 Å². The molecule has 0 bridgehead atoms. The van der Waals surface area contributed by atoms with Crippen LogP contribution in [0.15, 0.2) is 54.6 Å². The fourth-order valence-electron chi connectivity index (χ4n) is 2.20.